The molecule has 1 atom stereocenters. The maximum absolute atomic E-state index is 12.5. The van der Waals surface area contributed by atoms with Gasteiger partial charge >= 0.3 is 6.03 Å². The Bertz CT molecular complexity index is 671. The molecule has 102 valence electrons. The predicted octanol–water partition coefficient (Wildman–Crippen LogP) is -1.45. The molecule has 2 heterocycles. The van der Waals surface area contributed by atoms with Crippen molar-refractivity contribution in [2.24, 2.45) is 5.73 Å². The lowest BCUT2D eigenvalue weighted by molar-refractivity contribution is -0.134. The van der Waals surface area contributed by atoms with E-state index >= 15 is 0 Å². The number of nitrogens with zero attached hydrogens (tertiary/aromatic N) is 1. The Morgan fingerprint density at radius 1 is 1.25 bits per heavy atom. The van der Waals surface area contributed by atoms with Gasteiger partial charge in [-0.1, -0.05) is 18.2 Å². The fourth-order valence-corrected chi connectivity index (χ4v) is 2.56. The molecule has 0 aliphatic carbocycles. The van der Waals surface area contributed by atoms with Crippen LogP contribution in [0.1, 0.15) is 5.56 Å². The van der Waals surface area contributed by atoms with Crippen molar-refractivity contribution in [2.75, 3.05) is 11.4 Å². The van der Waals surface area contributed by atoms with E-state index in [-0.39, 0.29) is 6.54 Å². The van der Waals surface area contributed by atoms with Crippen LogP contribution in [0, 0.1) is 0 Å². The Kier molecular flexibility index (Phi) is 2.31. The topological polar surface area (TPSA) is 122 Å². The molecule has 8 nitrogen and oxygen atoms in total. The third kappa shape index (κ3) is 1.35. The Morgan fingerprint density at radius 3 is 2.55 bits per heavy atom. The largest absolute Gasteiger partial charge is 0.368 e. The summed E-state index contributed by atoms with van der Waals surface area (Å²) in [5.74, 6) is -2.16. The molecule has 2 aliphatic rings. The number of rotatable bonds is 2. The van der Waals surface area contributed by atoms with Crippen LogP contribution in [0.4, 0.5) is 10.5 Å². The molecule has 8 heteroatoms. The summed E-state index contributed by atoms with van der Waals surface area (Å²) in [6, 6.07) is 5.69. The molecule has 1 aromatic carbocycles. The second-order valence-electron chi connectivity index (χ2n) is 4.53. The number of para-hydroxylation sites is 1. The van der Waals surface area contributed by atoms with E-state index in [1.807, 2.05) is 5.32 Å². The Hall–Kier alpha value is -2.90. The highest BCUT2D eigenvalue weighted by Gasteiger charge is 2.61. The first-order valence-corrected chi connectivity index (χ1v) is 5.80. The van der Waals surface area contributed by atoms with Gasteiger partial charge in [-0.3, -0.25) is 24.6 Å². The summed E-state index contributed by atoms with van der Waals surface area (Å²) < 4.78 is 0. The molecule has 1 fully saturated rings. The van der Waals surface area contributed by atoms with Gasteiger partial charge in [-0.05, 0) is 6.07 Å². The smallest absolute Gasteiger partial charge is 0.323 e. The van der Waals surface area contributed by atoms with Gasteiger partial charge in [-0.25, -0.2) is 4.79 Å². The molecule has 0 aromatic heterocycles. The van der Waals surface area contributed by atoms with Crippen LogP contribution in [0.15, 0.2) is 24.3 Å². The standard InChI is InChI=1S/C12H10N4O4/c13-8(17)5-16-7-4-2-1-3-6(7)12(10(16)19)9(18)14-11(20)15-12/h1-4H,5H2,(H2,13,17)(H2,14,15,18,20). The maximum atomic E-state index is 12.5. The minimum absolute atomic E-state index is 0.328. The fraction of sp³-hybridized carbons (Fsp3) is 0.167. The molecular weight excluding hydrogens is 264 g/mol. The molecule has 3 rings (SSSR count). The summed E-state index contributed by atoms with van der Waals surface area (Å²) in [5.41, 5.74) is 4.03. The van der Waals surface area contributed by atoms with Crippen LogP contribution in [0.25, 0.3) is 0 Å². The molecule has 5 amide bonds. The van der Waals surface area contributed by atoms with E-state index in [4.69, 9.17) is 5.73 Å². The number of nitrogens with two attached hydrogens (primary N) is 1. The van der Waals surface area contributed by atoms with Crippen LogP contribution in [0.2, 0.25) is 0 Å². The summed E-state index contributed by atoms with van der Waals surface area (Å²) in [6.07, 6.45) is 0. The molecule has 4 N–H and O–H groups in total. The first-order valence-electron chi connectivity index (χ1n) is 5.80. The van der Waals surface area contributed by atoms with Gasteiger partial charge in [0.25, 0.3) is 11.8 Å². The third-order valence-electron chi connectivity index (χ3n) is 3.35. The zero-order valence-corrected chi connectivity index (χ0v) is 10.2. The van der Waals surface area contributed by atoms with Crippen molar-refractivity contribution in [1.82, 2.24) is 10.6 Å². The number of hydrogen-bond acceptors (Lipinski definition) is 4. The van der Waals surface area contributed by atoms with E-state index in [2.05, 4.69) is 5.32 Å². The van der Waals surface area contributed by atoms with Crippen molar-refractivity contribution in [3.8, 4) is 0 Å². The number of nitrogens with one attached hydrogen (secondary N) is 2. The van der Waals surface area contributed by atoms with Gasteiger partial charge in [0.05, 0.1) is 5.69 Å². The summed E-state index contributed by atoms with van der Waals surface area (Å²) in [5, 5.41) is 4.39. The van der Waals surface area contributed by atoms with Crippen LogP contribution in [-0.2, 0) is 19.9 Å². The molecule has 0 saturated carbocycles. The lowest BCUT2D eigenvalue weighted by Crippen LogP contribution is -2.53. The lowest BCUT2D eigenvalue weighted by Gasteiger charge is -2.20. The van der Waals surface area contributed by atoms with Gasteiger partial charge in [0, 0.05) is 5.56 Å². The number of fused-ring (bicyclic) bond motifs is 2. The number of urea groups is 1. The first-order chi connectivity index (χ1) is 9.46. The van der Waals surface area contributed by atoms with E-state index in [9.17, 15) is 19.2 Å². The Morgan fingerprint density at radius 2 is 1.95 bits per heavy atom. The molecule has 0 radical (unpaired) electrons. The van der Waals surface area contributed by atoms with Crippen LogP contribution in [0.3, 0.4) is 0 Å². The number of amides is 5. The van der Waals surface area contributed by atoms with Crippen molar-refractivity contribution in [2.45, 2.75) is 5.54 Å². The normalized spacial score (nSPS) is 23.8. The average molecular weight is 274 g/mol. The number of carbonyl (C=O) groups is 4. The average Bonchev–Trinajstić information content (AvgIpc) is 2.81. The van der Waals surface area contributed by atoms with Crippen molar-refractivity contribution >= 4 is 29.4 Å². The second kappa shape index (κ2) is 3.80. The quantitative estimate of drug-likeness (QED) is 0.451. The highest BCUT2D eigenvalue weighted by molar-refractivity contribution is 6.28. The lowest BCUT2D eigenvalue weighted by atomic mass is 9.92. The zero-order valence-electron chi connectivity index (χ0n) is 10.2. The van der Waals surface area contributed by atoms with Crippen LogP contribution >= 0.6 is 0 Å². The van der Waals surface area contributed by atoms with Crippen molar-refractivity contribution in [1.29, 1.82) is 0 Å². The summed E-state index contributed by atoms with van der Waals surface area (Å²) >= 11 is 0. The zero-order chi connectivity index (χ0) is 14.5. The van der Waals surface area contributed by atoms with Crippen molar-refractivity contribution < 1.29 is 19.2 Å². The molecule has 2 aliphatic heterocycles. The minimum Gasteiger partial charge on any atom is -0.368 e. The van der Waals surface area contributed by atoms with Crippen molar-refractivity contribution in [3.63, 3.8) is 0 Å². The van der Waals surface area contributed by atoms with Gasteiger partial charge in [0.2, 0.25) is 11.4 Å². The molecule has 1 saturated heterocycles. The molecule has 1 spiro atoms. The molecule has 1 unspecified atom stereocenters. The van der Waals surface area contributed by atoms with Gasteiger partial charge in [0.1, 0.15) is 6.54 Å². The highest BCUT2D eigenvalue weighted by Crippen LogP contribution is 2.41. The summed E-state index contributed by atoms with van der Waals surface area (Å²) in [4.78, 5) is 48.2. The maximum Gasteiger partial charge on any atom is 0.323 e. The van der Waals surface area contributed by atoms with Crippen LogP contribution in [-0.4, -0.2) is 30.3 Å². The number of anilines is 1. The molecule has 1 aromatic rings. The van der Waals surface area contributed by atoms with E-state index in [0.29, 0.717) is 11.3 Å². The SMILES string of the molecule is NC(=O)CN1C(=O)C2(NC(=O)NC2=O)c2ccccc21. The second-order valence-corrected chi connectivity index (χ2v) is 4.53. The van der Waals surface area contributed by atoms with E-state index < -0.39 is 29.3 Å². The minimum atomic E-state index is -1.80. The molecule has 0 bridgehead atoms. The van der Waals surface area contributed by atoms with Crippen LogP contribution in [0.5, 0.6) is 0 Å². The number of imide groups is 1. The predicted molar refractivity (Wildman–Crippen MR) is 66.3 cm³/mol. The van der Waals surface area contributed by atoms with Gasteiger partial charge in [-0.2, -0.15) is 0 Å². The van der Waals surface area contributed by atoms with Crippen molar-refractivity contribution in [3.05, 3.63) is 29.8 Å². The fourth-order valence-electron chi connectivity index (χ4n) is 2.56. The number of hydrogen-bond donors (Lipinski definition) is 3. The Balaban J connectivity index is 2.19. The Labute approximate surface area is 112 Å². The summed E-state index contributed by atoms with van der Waals surface area (Å²) in [7, 11) is 0. The van der Waals surface area contributed by atoms with Gasteiger partial charge in [-0.15, -0.1) is 0 Å². The first kappa shape index (κ1) is 12.2. The van der Waals surface area contributed by atoms with Gasteiger partial charge in [0.15, 0.2) is 0 Å². The molecular formula is C12H10N4O4. The van der Waals surface area contributed by atoms with E-state index in [0.717, 1.165) is 4.90 Å². The monoisotopic (exact) mass is 274 g/mol. The highest BCUT2D eigenvalue weighted by atomic mass is 16.2. The molecule has 20 heavy (non-hydrogen) atoms. The number of benzene rings is 1. The third-order valence-corrected chi connectivity index (χ3v) is 3.35. The van der Waals surface area contributed by atoms with E-state index in [1.54, 1.807) is 24.3 Å². The number of carbonyl (C=O) groups excluding carboxylic acids is 4. The summed E-state index contributed by atoms with van der Waals surface area (Å²) in [6.45, 7) is -0.360. The number of primary amides is 1. The van der Waals surface area contributed by atoms with Crippen LogP contribution < -0.4 is 21.3 Å². The van der Waals surface area contributed by atoms with E-state index in [1.165, 1.54) is 0 Å². The van der Waals surface area contributed by atoms with Gasteiger partial charge < -0.3 is 11.1 Å².